The molecular formula is C19H30N4O2. The van der Waals surface area contributed by atoms with Gasteiger partial charge < -0.3 is 14.5 Å². The molecule has 2 aromatic heterocycles. The van der Waals surface area contributed by atoms with Crippen LogP contribution in [0.1, 0.15) is 42.1 Å². The normalized spacial score (nSPS) is 19.6. The second-order valence-corrected chi connectivity index (χ2v) is 6.99. The minimum absolute atomic E-state index is 0.216. The molecule has 0 amide bonds. The van der Waals surface area contributed by atoms with E-state index in [2.05, 4.69) is 34.7 Å². The molecule has 1 atom stereocenters. The molecule has 0 spiro atoms. The number of nitrogens with one attached hydrogen (secondary N) is 1. The van der Waals surface area contributed by atoms with Crippen LogP contribution in [-0.2, 0) is 19.5 Å². The molecule has 1 aliphatic heterocycles. The predicted octanol–water partition coefficient (Wildman–Crippen LogP) is 2.25. The largest absolute Gasteiger partial charge is 0.465 e. The molecule has 1 aliphatic rings. The molecule has 1 fully saturated rings. The maximum absolute atomic E-state index is 9.48. The van der Waals surface area contributed by atoms with Crippen molar-refractivity contribution in [3.05, 3.63) is 40.9 Å². The summed E-state index contributed by atoms with van der Waals surface area (Å²) in [6, 6.07) is 4.41. The first-order valence-corrected chi connectivity index (χ1v) is 9.26. The van der Waals surface area contributed by atoms with E-state index >= 15 is 0 Å². The summed E-state index contributed by atoms with van der Waals surface area (Å²) in [6.07, 6.45) is 1.72. The Bertz CT molecular complexity index is 679. The summed E-state index contributed by atoms with van der Waals surface area (Å²) < 4.78 is 5.73. The van der Waals surface area contributed by atoms with E-state index in [1.165, 1.54) is 5.69 Å². The molecule has 138 valence electrons. The van der Waals surface area contributed by atoms with Crippen LogP contribution in [0.15, 0.2) is 16.5 Å². The van der Waals surface area contributed by atoms with E-state index in [-0.39, 0.29) is 6.61 Å². The number of aliphatic hydroxyl groups excluding tert-OH is 1. The van der Waals surface area contributed by atoms with Gasteiger partial charge in [-0.3, -0.25) is 9.80 Å². The average molecular weight is 346 g/mol. The number of aromatic amines is 1. The third kappa shape index (κ3) is 4.51. The van der Waals surface area contributed by atoms with Gasteiger partial charge in [-0.15, -0.1) is 0 Å². The molecule has 2 N–H and O–H groups in total. The Morgan fingerprint density at radius 3 is 2.76 bits per heavy atom. The summed E-state index contributed by atoms with van der Waals surface area (Å²) in [6.45, 7) is 11.0. The Balaban J connectivity index is 1.62. The zero-order valence-corrected chi connectivity index (χ0v) is 15.6. The van der Waals surface area contributed by atoms with Crippen molar-refractivity contribution in [1.82, 2.24) is 19.8 Å². The molecule has 25 heavy (non-hydrogen) atoms. The lowest BCUT2D eigenvalue weighted by atomic mass is 10.1. The van der Waals surface area contributed by atoms with Crippen LogP contribution in [0.4, 0.5) is 0 Å². The fraction of sp³-hybridized carbons (Fsp3) is 0.632. The highest BCUT2D eigenvalue weighted by atomic mass is 16.3. The summed E-state index contributed by atoms with van der Waals surface area (Å²) in [5, 5.41) is 9.48. The zero-order valence-electron chi connectivity index (χ0n) is 15.6. The van der Waals surface area contributed by atoms with Crippen LogP contribution < -0.4 is 0 Å². The van der Waals surface area contributed by atoms with Crippen LogP contribution in [-0.4, -0.2) is 57.2 Å². The highest BCUT2D eigenvalue weighted by Gasteiger charge is 2.28. The Labute approximate surface area is 149 Å². The Hall–Kier alpha value is -1.63. The maximum Gasteiger partial charge on any atom is 0.118 e. The van der Waals surface area contributed by atoms with E-state index in [4.69, 9.17) is 9.40 Å². The van der Waals surface area contributed by atoms with E-state index in [1.54, 1.807) is 0 Å². The smallest absolute Gasteiger partial charge is 0.118 e. The van der Waals surface area contributed by atoms with E-state index in [0.29, 0.717) is 6.04 Å². The van der Waals surface area contributed by atoms with Crippen molar-refractivity contribution < 1.29 is 9.52 Å². The highest BCUT2D eigenvalue weighted by molar-refractivity contribution is 5.13. The highest BCUT2D eigenvalue weighted by Crippen LogP contribution is 2.20. The molecule has 0 saturated carbocycles. The van der Waals surface area contributed by atoms with Crippen molar-refractivity contribution in [2.45, 2.75) is 52.7 Å². The first-order valence-electron chi connectivity index (χ1n) is 9.26. The SMILES string of the molecule is CCc1nc(CN2CCN(Cc3ccc(C)o3)C(CCO)C2)c(C)[nH]1. The van der Waals surface area contributed by atoms with Crippen molar-refractivity contribution in [3.8, 4) is 0 Å². The monoisotopic (exact) mass is 346 g/mol. The average Bonchev–Trinajstić information content (AvgIpc) is 3.16. The second-order valence-electron chi connectivity index (χ2n) is 6.99. The molecule has 3 heterocycles. The van der Waals surface area contributed by atoms with Crippen LogP contribution in [0.3, 0.4) is 0 Å². The van der Waals surface area contributed by atoms with Gasteiger partial charge in [0.1, 0.15) is 17.3 Å². The fourth-order valence-corrected chi connectivity index (χ4v) is 3.60. The number of nitrogens with zero attached hydrogens (tertiary/aromatic N) is 3. The number of piperazine rings is 1. The lowest BCUT2D eigenvalue weighted by molar-refractivity contribution is 0.0448. The van der Waals surface area contributed by atoms with Gasteiger partial charge >= 0.3 is 0 Å². The number of furan rings is 1. The summed E-state index contributed by atoms with van der Waals surface area (Å²) >= 11 is 0. The van der Waals surface area contributed by atoms with Crippen molar-refractivity contribution in [1.29, 1.82) is 0 Å². The number of hydrogen-bond donors (Lipinski definition) is 2. The molecule has 3 rings (SSSR count). The topological polar surface area (TPSA) is 68.5 Å². The van der Waals surface area contributed by atoms with Crippen LogP contribution in [0.25, 0.3) is 0 Å². The Morgan fingerprint density at radius 1 is 1.28 bits per heavy atom. The van der Waals surface area contributed by atoms with Crippen molar-refractivity contribution in [2.24, 2.45) is 0 Å². The van der Waals surface area contributed by atoms with Gasteiger partial charge in [0.05, 0.1) is 12.2 Å². The standard InChI is InChI=1S/C19H30N4O2/c1-4-19-20-15(3)18(21-19)13-22-8-9-23(16(11-22)7-10-24)12-17-6-5-14(2)25-17/h5-6,16,24H,4,7-13H2,1-3H3,(H,20,21). The number of hydrogen-bond acceptors (Lipinski definition) is 5. The van der Waals surface area contributed by atoms with Gasteiger partial charge in [0.25, 0.3) is 0 Å². The number of aryl methyl sites for hydroxylation is 3. The van der Waals surface area contributed by atoms with E-state index in [9.17, 15) is 5.11 Å². The van der Waals surface area contributed by atoms with Gasteiger partial charge in [-0.1, -0.05) is 6.92 Å². The molecule has 2 aromatic rings. The summed E-state index contributed by atoms with van der Waals surface area (Å²) in [5.74, 6) is 3.02. The zero-order chi connectivity index (χ0) is 17.8. The minimum atomic E-state index is 0.216. The first kappa shape index (κ1) is 18.2. The van der Waals surface area contributed by atoms with Crippen LogP contribution in [0, 0.1) is 13.8 Å². The Kier molecular flexibility index (Phi) is 5.93. The van der Waals surface area contributed by atoms with Crippen LogP contribution in [0.5, 0.6) is 0 Å². The Morgan fingerprint density at radius 2 is 2.12 bits per heavy atom. The molecule has 0 radical (unpaired) electrons. The van der Waals surface area contributed by atoms with E-state index in [1.807, 2.05) is 13.0 Å². The second kappa shape index (κ2) is 8.17. The fourth-order valence-electron chi connectivity index (χ4n) is 3.60. The van der Waals surface area contributed by atoms with Gasteiger partial charge in [-0.05, 0) is 32.4 Å². The molecule has 6 nitrogen and oxygen atoms in total. The number of rotatable bonds is 7. The molecule has 0 bridgehead atoms. The summed E-state index contributed by atoms with van der Waals surface area (Å²) in [4.78, 5) is 13.0. The van der Waals surface area contributed by atoms with Crippen LogP contribution in [0.2, 0.25) is 0 Å². The molecular weight excluding hydrogens is 316 g/mol. The molecule has 1 unspecified atom stereocenters. The number of aromatic nitrogens is 2. The first-order chi connectivity index (χ1) is 12.1. The summed E-state index contributed by atoms with van der Waals surface area (Å²) in [7, 11) is 0. The van der Waals surface area contributed by atoms with E-state index < -0.39 is 0 Å². The lowest BCUT2D eigenvalue weighted by Crippen LogP contribution is -2.52. The number of imidazole rings is 1. The van der Waals surface area contributed by atoms with Gasteiger partial charge in [-0.25, -0.2) is 4.98 Å². The third-order valence-electron chi connectivity index (χ3n) is 5.05. The summed E-state index contributed by atoms with van der Waals surface area (Å²) in [5.41, 5.74) is 2.32. The third-order valence-corrected chi connectivity index (χ3v) is 5.05. The molecule has 1 saturated heterocycles. The molecule has 0 aliphatic carbocycles. The van der Waals surface area contributed by atoms with Crippen molar-refractivity contribution in [3.63, 3.8) is 0 Å². The van der Waals surface area contributed by atoms with E-state index in [0.717, 1.165) is 68.6 Å². The van der Waals surface area contributed by atoms with Crippen LogP contribution >= 0.6 is 0 Å². The predicted molar refractivity (Wildman–Crippen MR) is 97.3 cm³/mol. The van der Waals surface area contributed by atoms with Crippen molar-refractivity contribution >= 4 is 0 Å². The van der Waals surface area contributed by atoms with Crippen molar-refractivity contribution in [2.75, 3.05) is 26.2 Å². The quantitative estimate of drug-likeness (QED) is 0.805. The van der Waals surface area contributed by atoms with Gasteiger partial charge in [-0.2, -0.15) is 0 Å². The van der Waals surface area contributed by atoms with Gasteiger partial charge in [0.15, 0.2) is 0 Å². The maximum atomic E-state index is 9.48. The van der Waals surface area contributed by atoms with Gasteiger partial charge in [0.2, 0.25) is 0 Å². The molecule has 6 heteroatoms. The number of H-pyrrole nitrogens is 1. The molecule has 0 aromatic carbocycles. The lowest BCUT2D eigenvalue weighted by Gasteiger charge is -2.41. The van der Waals surface area contributed by atoms with Gasteiger partial charge in [0, 0.05) is 50.9 Å². The number of aliphatic hydroxyl groups is 1. The minimum Gasteiger partial charge on any atom is -0.465 e.